The first-order chi connectivity index (χ1) is 3.80. The average Bonchev–Trinajstić information content (AvgIpc) is 2.07. The molecule has 0 saturated heterocycles. The lowest BCUT2D eigenvalue weighted by atomic mass is 10.0. The molecule has 0 spiro atoms. The highest BCUT2D eigenvalue weighted by atomic mass is 15.2. The van der Waals surface area contributed by atoms with E-state index in [1.807, 2.05) is 0 Å². The Bertz CT molecular complexity index is 96.2. The fourth-order valence-electron chi connectivity index (χ4n) is 2.08. The molecule has 0 N–H and O–H groups in total. The maximum atomic E-state index is 2.38. The zero-order valence-electron chi connectivity index (χ0n) is 5.59. The predicted molar refractivity (Wildman–Crippen MR) is 33.7 cm³/mol. The SMILES string of the molecule is CN(C)C1[C@H]2CC[C@@H]12. The summed E-state index contributed by atoms with van der Waals surface area (Å²) in [5.41, 5.74) is 0. The van der Waals surface area contributed by atoms with Gasteiger partial charge in [-0.05, 0) is 38.8 Å². The first-order valence-corrected chi connectivity index (χ1v) is 3.47. The van der Waals surface area contributed by atoms with Crippen molar-refractivity contribution >= 4 is 0 Å². The highest BCUT2D eigenvalue weighted by Crippen LogP contribution is 2.57. The smallest absolute Gasteiger partial charge is 0.0152 e. The second-order valence-electron chi connectivity index (χ2n) is 3.36. The van der Waals surface area contributed by atoms with Crippen molar-refractivity contribution in [2.24, 2.45) is 11.8 Å². The van der Waals surface area contributed by atoms with Gasteiger partial charge in [0.25, 0.3) is 0 Å². The molecule has 0 aromatic heterocycles. The molecule has 46 valence electrons. The van der Waals surface area contributed by atoms with E-state index in [2.05, 4.69) is 19.0 Å². The number of fused-ring (bicyclic) bond motifs is 1. The molecular weight excluding hydrogens is 98.1 g/mol. The van der Waals surface area contributed by atoms with Crippen molar-refractivity contribution in [1.29, 1.82) is 0 Å². The normalized spacial score (nSPS) is 50.6. The Morgan fingerprint density at radius 2 is 1.62 bits per heavy atom. The Hall–Kier alpha value is -0.0400. The van der Waals surface area contributed by atoms with E-state index in [9.17, 15) is 0 Å². The van der Waals surface area contributed by atoms with Crippen LogP contribution < -0.4 is 0 Å². The van der Waals surface area contributed by atoms with Crippen LogP contribution in [0.5, 0.6) is 0 Å². The third kappa shape index (κ3) is 0.408. The van der Waals surface area contributed by atoms with Crippen LogP contribution in [0.1, 0.15) is 12.8 Å². The minimum atomic E-state index is 0.981. The van der Waals surface area contributed by atoms with Gasteiger partial charge in [0.1, 0.15) is 0 Å². The van der Waals surface area contributed by atoms with Crippen molar-refractivity contribution in [3.05, 3.63) is 0 Å². The lowest BCUT2D eigenvalue weighted by Gasteiger charge is -2.05. The Morgan fingerprint density at radius 1 is 1.12 bits per heavy atom. The van der Waals surface area contributed by atoms with Crippen molar-refractivity contribution in [3.63, 3.8) is 0 Å². The van der Waals surface area contributed by atoms with Crippen LogP contribution in [0.2, 0.25) is 0 Å². The van der Waals surface area contributed by atoms with Gasteiger partial charge in [-0.1, -0.05) is 0 Å². The van der Waals surface area contributed by atoms with Crippen LogP contribution in [-0.4, -0.2) is 25.0 Å². The molecule has 1 nitrogen and oxygen atoms in total. The van der Waals surface area contributed by atoms with Crippen LogP contribution in [0.15, 0.2) is 0 Å². The van der Waals surface area contributed by atoms with Gasteiger partial charge >= 0.3 is 0 Å². The van der Waals surface area contributed by atoms with Crippen molar-refractivity contribution in [2.45, 2.75) is 18.9 Å². The van der Waals surface area contributed by atoms with Crippen LogP contribution in [0.3, 0.4) is 0 Å². The predicted octanol–water partition coefficient (Wildman–Crippen LogP) is 0.956. The zero-order chi connectivity index (χ0) is 5.72. The molecule has 0 radical (unpaired) electrons. The second-order valence-corrected chi connectivity index (χ2v) is 3.36. The second kappa shape index (κ2) is 1.27. The molecular formula is C7H13N. The molecule has 3 atom stereocenters. The Balaban J connectivity index is 1.95. The number of hydrogen-bond acceptors (Lipinski definition) is 1. The van der Waals surface area contributed by atoms with Crippen LogP contribution in [-0.2, 0) is 0 Å². The molecule has 1 heteroatoms. The van der Waals surface area contributed by atoms with Gasteiger partial charge in [0.05, 0.1) is 0 Å². The number of nitrogens with zero attached hydrogens (tertiary/aromatic N) is 1. The third-order valence-electron chi connectivity index (χ3n) is 2.72. The van der Waals surface area contributed by atoms with E-state index in [0.29, 0.717) is 0 Å². The molecule has 2 aliphatic rings. The lowest BCUT2D eigenvalue weighted by Crippen LogP contribution is -2.15. The summed E-state index contributed by atoms with van der Waals surface area (Å²) in [4.78, 5) is 2.38. The summed E-state index contributed by atoms with van der Waals surface area (Å²) < 4.78 is 0. The average molecular weight is 111 g/mol. The fourth-order valence-corrected chi connectivity index (χ4v) is 2.08. The van der Waals surface area contributed by atoms with Crippen LogP contribution in [0.4, 0.5) is 0 Å². The Morgan fingerprint density at radius 3 is 1.75 bits per heavy atom. The van der Waals surface area contributed by atoms with Gasteiger partial charge in [-0.15, -0.1) is 0 Å². The van der Waals surface area contributed by atoms with Gasteiger partial charge in [0, 0.05) is 6.04 Å². The summed E-state index contributed by atoms with van der Waals surface area (Å²) in [6.45, 7) is 0. The molecule has 0 aromatic carbocycles. The topological polar surface area (TPSA) is 3.24 Å². The Labute approximate surface area is 50.7 Å². The summed E-state index contributed by atoms with van der Waals surface area (Å²) >= 11 is 0. The third-order valence-corrected chi connectivity index (χ3v) is 2.72. The van der Waals surface area contributed by atoms with E-state index in [-0.39, 0.29) is 0 Å². The van der Waals surface area contributed by atoms with Gasteiger partial charge in [0.15, 0.2) is 0 Å². The summed E-state index contributed by atoms with van der Waals surface area (Å²) in [5.74, 6) is 2.23. The molecule has 2 saturated carbocycles. The van der Waals surface area contributed by atoms with E-state index < -0.39 is 0 Å². The van der Waals surface area contributed by atoms with Gasteiger partial charge < -0.3 is 4.90 Å². The van der Waals surface area contributed by atoms with E-state index in [1.165, 1.54) is 12.8 Å². The minimum Gasteiger partial charge on any atom is -0.306 e. The van der Waals surface area contributed by atoms with Crippen LogP contribution in [0, 0.1) is 11.8 Å². The summed E-state index contributed by atoms with van der Waals surface area (Å²) in [5, 5.41) is 0. The maximum absolute atomic E-state index is 2.38. The highest BCUT2D eigenvalue weighted by molar-refractivity contribution is 5.09. The molecule has 2 rings (SSSR count). The molecule has 2 aliphatic carbocycles. The van der Waals surface area contributed by atoms with E-state index in [4.69, 9.17) is 0 Å². The molecule has 1 unspecified atom stereocenters. The standard InChI is InChI=1S/C7H13N/c1-8(2)7-5-3-4-6(5)7/h5-7H,3-4H2,1-2H3/t5-,6+,7?. The number of hydrogen-bond donors (Lipinski definition) is 0. The Kier molecular flexibility index (Phi) is 0.762. The molecule has 0 heterocycles. The molecule has 0 amide bonds. The molecule has 0 aromatic rings. The first kappa shape index (κ1) is 4.80. The lowest BCUT2D eigenvalue weighted by molar-refractivity contribution is 0.380. The summed E-state index contributed by atoms with van der Waals surface area (Å²) in [6.07, 6.45) is 3.01. The van der Waals surface area contributed by atoms with E-state index in [0.717, 1.165) is 17.9 Å². The zero-order valence-corrected chi connectivity index (χ0v) is 5.59. The fraction of sp³-hybridized carbons (Fsp3) is 1.00. The molecule has 2 fully saturated rings. The monoisotopic (exact) mass is 111 g/mol. The van der Waals surface area contributed by atoms with Gasteiger partial charge in [0.2, 0.25) is 0 Å². The largest absolute Gasteiger partial charge is 0.306 e. The summed E-state index contributed by atoms with van der Waals surface area (Å²) in [7, 11) is 4.39. The highest BCUT2D eigenvalue weighted by Gasteiger charge is 2.57. The minimum absolute atomic E-state index is 0.981. The molecule has 0 aliphatic heterocycles. The first-order valence-electron chi connectivity index (χ1n) is 3.47. The molecule has 8 heavy (non-hydrogen) atoms. The summed E-state index contributed by atoms with van der Waals surface area (Å²) in [6, 6.07) is 0.981. The van der Waals surface area contributed by atoms with Crippen molar-refractivity contribution in [1.82, 2.24) is 4.90 Å². The van der Waals surface area contributed by atoms with Crippen LogP contribution in [0.25, 0.3) is 0 Å². The van der Waals surface area contributed by atoms with Crippen molar-refractivity contribution in [3.8, 4) is 0 Å². The van der Waals surface area contributed by atoms with Crippen molar-refractivity contribution < 1.29 is 0 Å². The van der Waals surface area contributed by atoms with Gasteiger partial charge in [-0.2, -0.15) is 0 Å². The van der Waals surface area contributed by atoms with Crippen molar-refractivity contribution in [2.75, 3.05) is 14.1 Å². The quantitative estimate of drug-likeness (QED) is 0.487. The van der Waals surface area contributed by atoms with Crippen LogP contribution >= 0.6 is 0 Å². The van der Waals surface area contributed by atoms with Gasteiger partial charge in [-0.3, -0.25) is 0 Å². The molecule has 0 bridgehead atoms. The van der Waals surface area contributed by atoms with Gasteiger partial charge in [-0.25, -0.2) is 0 Å². The number of rotatable bonds is 1. The van der Waals surface area contributed by atoms with E-state index >= 15 is 0 Å². The van der Waals surface area contributed by atoms with E-state index in [1.54, 1.807) is 0 Å². The maximum Gasteiger partial charge on any atom is 0.0152 e.